The van der Waals surface area contributed by atoms with Crippen LogP contribution in [0, 0.1) is 0 Å². The van der Waals surface area contributed by atoms with E-state index in [0.29, 0.717) is 0 Å². The third-order valence-corrected chi connectivity index (χ3v) is 0. The van der Waals surface area contributed by atoms with E-state index < -0.39 is 0 Å². The summed E-state index contributed by atoms with van der Waals surface area (Å²) in [5.74, 6) is 0. The van der Waals surface area contributed by atoms with E-state index in [-0.39, 0.29) is 123 Å². The molecule has 0 spiro atoms. The molecule has 0 aliphatic heterocycles. The first-order chi connectivity index (χ1) is 0. The van der Waals surface area contributed by atoms with Crippen molar-refractivity contribution in [2.75, 3.05) is 0 Å². The maximum Gasteiger partial charge on any atom is 0 e. The SMILES string of the molecule is [Au].[Ca+2].[Cu].[H-].[H-].[SnH4].[Zn]. The summed E-state index contributed by atoms with van der Waals surface area (Å²) >= 11 is 0. The number of hydrogen-bond acceptors (Lipinski definition) is 0. The molecule has 0 rings (SSSR count). The van der Waals surface area contributed by atoms with Crippen molar-refractivity contribution in [3.8, 4) is 0 Å². The van der Waals surface area contributed by atoms with E-state index in [1.54, 1.807) is 0 Å². The molecule has 0 aliphatic rings. The van der Waals surface area contributed by atoms with Gasteiger partial charge in [0.1, 0.15) is 0 Å². The molecular weight excluding hydrogens is 485 g/mol. The summed E-state index contributed by atoms with van der Waals surface area (Å²) in [6.07, 6.45) is 0. The van der Waals surface area contributed by atoms with Gasteiger partial charge in [-0.15, -0.1) is 0 Å². The first kappa shape index (κ1) is 36.3. The molecule has 0 aromatic heterocycles. The third-order valence-electron chi connectivity index (χ3n) is 0. The van der Waals surface area contributed by atoms with Crippen LogP contribution in [0.5, 0.6) is 0 Å². The summed E-state index contributed by atoms with van der Waals surface area (Å²) in [4.78, 5) is 0. The Morgan fingerprint density at radius 2 is 1.20 bits per heavy atom. The molecule has 5 heteroatoms. The molecule has 36 valence electrons. The van der Waals surface area contributed by atoms with E-state index in [9.17, 15) is 0 Å². The number of rotatable bonds is 0. The zero-order valence-electron chi connectivity index (χ0n) is 4.02. The van der Waals surface area contributed by atoms with Crippen LogP contribution >= 0.6 is 0 Å². The Bertz CT molecular complexity index is 17.7. The normalized spacial score (nSPS) is 0. The molecular formula is H6AuCaCuSnZn. The molecule has 0 aromatic carbocycles. The van der Waals surface area contributed by atoms with Gasteiger partial charge in [-0.2, -0.15) is 0 Å². The average molecular weight is 491 g/mol. The van der Waals surface area contributed by atoms with Crippen molar-refractivity contribution >= 4 is 61.6 Å². The molecule has 5 heavy (non-hydrogen) atoms. The van der Waals surface area contributed by atoms with Crippen LogP contribution in [0.3, 0.4) is 0 Å². The van der Waals surface area contributed by atoms with Gasteiger partial charge in [-0.3, -0.25) is 0 Å². The largest absolute Gasteiger partial charge is 0 e. The molecule has 0 heterocycles. The molecule has 0 saturated heterocycles. The van der Waals surface area contributed by atoms with Gasteiger partial charge in [-0.1, -0.05) is 0 Å². The minimum atomic E-state index is 0. The van der Waals surface area contributed by atoms with E-state index >= 15 is 0 Å². The van der Waals surface area contributed by atoms with Crippen molar-refractivity contribution < 1.29 is 61.8 Å². The molecule has 0 aromatic rings. The molecule has 0 bridgehead atoms. The van der Waals surface area contributed by atoms with Gasteiger partial charge in [0.25, 0.3) is 0 Å². The van der Waals surface area contributed by atoms with Crippen LogP contribution in [0.1, 0.15) is 2.85 Å². The van der Waals surface area contributed by atoms with E-state index in [4.69, 9.17) is 0 Å². The van der Waals surface area contributed by atoms with Gasteiger partial charge in [0.15, 0.2) is 0 Å². The van der Waals surface area contributed by atoms with Crippen LogP contribution in [-0.4, -0.2) is 61.6 Å². The predicted molar refractivity (Wildman–Crippen MR) is 19.3 cm³/mol. The molecule has 0 unspecified atom stereocenters. The summed E-state index contributed by atoms with van der Waals surface area (Å²) in [5, 5.41) is 0. The summed E-state index contributed by atoms with van der Waals surface area (Å²) in [7, 11) is 0. The smallest absolute Gasteiger partial charge is 0 e. The van der Waals surface area contributed by atoms with E-state index in [1.165, 1.54) is 0 Å². The van der Waals surface area contributed by atoms with Gasteiger partial charge in [0.2, 0.25) is 0 Å². The van der Waals surface area contributed by atoms with Gasteiger partial charge in [0.05, 0.1) is 0 Å². The standard InChI is InChI=1S/Au.Ca.Cu.Sn.Zn.6H/q;+2;;;;;;;;2*-1. The van der Waals surface area contributed by atoms with Crippen molar-refractivity contribution in [1.82, 2.24) is 0 Å². The molecule has 0 aliphatic carbocycles. The second-order valence-electron chi connectivity index (χ2n) is 0. The zero-order valence-corrected chi connectivity index (χ0v) is 10.3. The molecule has 0 saturated carbocycles. The van der Waals surface area contributed by atoms with Gasteiger partial charge < -0.3 is 2.85 Å². The van der Waals surface area contributed by atoms with Gasteiger partial charge in [-0.05, 0) is 0 Å². The summed E-state index contributed by atoms with van der Waals surface area (Å²) in [6, 6.07) is 0. The van der Waals surface area contributed by atoms with Crippen molar-refractivity contribution in [1.29, 1.82) is 0 Å². The fourth-order valence-electron chi connectivity index (χ4n) is 0. The van der Waals surface area contributed by atoms with Crippen LogP contribution in [0.4, 0.5) is 0 Å². The minimum absolute atomic E-state index is 0. The molecule has 0 atom stereocenters. The number of hydrogen-bond donors (Lipinski definition) is 0. The molecule has 0 N–H and O–H groups in total. The van der Waals surface area contributed by atoms with Crippen molar-refractivity contribution in [2.24, 2.45) is 0 Å². The topological polar surface area (TPSA) is 0 Å². The molecule has 2 radical (unpaired) electrons. The van der Waals surface area contributed by atoms with Crippen molar-refractivity contribution in [2.45, 2.75) is 0 Å². The molecule has 0 nitrogen and oxygen atoms in total. The molecule has 0 amide bonds. The van der Waals surface area contributed by atoms with Crippen LogP contribution in [0.2, 0.25) is 0 Å². The second kappa shape index (κ2) is 24.6. The first-order valence-corrected chi connectivity index (χ1v) is 0. The van der Waals surface area contributed by atoms with Gasteiger partial charge >= 0.3 is 61.6 Å². The quantitative estimate of drug-likeness (QED) is 0.359. The van der Waals surface area contributed by atoms with Crippen LogP contribution in [-0.2, 0) is 58.9 Å². The predicted octanol–water partition coefficient (Wildman–Crippen LogP) is -1.61. The molecule has 0 fully saturated rings. The minimum Gasteiger partial charge on any atom is 0 e. The van der Waals surface area contributed by atoms with Crippen molar-refractivity contribution in [3.05, 3.63) is 0 Å². The van der Waals surface area contributed by atoms with E-state index in [0.717, 1.165) is 0 Å². The fourth-order valence-corrected chi connectivity index (χ4v) is 0. The Morgan fingerprint density at radius 3 is 1.20 bits per heavy atom. The summed E-state index contributed by atoms with van der Waals surface area (Å²) < 4.78 is 0. The fraction of sp³-hybridized carbons (Fsp3) is 0. The first-order valence-electron chi connectivity index (χ1n) is 0. The van der Waals surface area contributed by atoms with Crippen LogP contribution in [0.15, 0.2) is 0 Å². The Hall–Kier alpha value is 3.94. The Kier molecular flexibility index (Phi) is 179. The maximum atomic E-state index is 0. The maximum absolute atomic E-state index is 0. The zero-order chi connectivity index (χ0) is 0. The van der Waals surface area contributed by atoms with E-state index in [2.05, 4.69) is 0 Å². The summed E-state index contributed by atoms with van der Waals surface area (Å²) in [6.45, 7) is 0. The van der Waals surface area contributed by atoms with Gasteiger partial charge in [0, 0.05) is 58.9 Å². The average Bonchev–Trinajstić information content (AvgIpc) is 0. The Labute approximate surface area is 121 Å². The van der Waals surface area contributed by atoms with Crippen molar-refractivity contribution in [3.63, 3.8) is 0 Å². The monoisotopic (exact) mass is 490 g/mol. The van der Waals surface area contributed by atoms with Crippen LogP contribution in [0.25, 0.3) is 0 Å². The Balaban J connectivity index is 0. The van der Waals surface area contributed by atoms with Gasteiger partial charge in [-0.25, -0.2) is 0 Å². The second-order valence-corrected chi connectivity index (χ2v) is 0. The third kappa shape index (κ3) is 18.0. The van der Waals surface area contributed by atoms with Crippen LogP contribution < -0.4 is 0 Å². The summed E-state index contributed by atoms with van der Waals surface area (Å²) in [5.41, 5.74) is 0. The van der Waals surface area contributed by atoms with E-state index in [1.807, 2.05) is 0 Å². The Morgan fingerprint density at radius 1 is 1.20 bits per heavy atom.